The van der Waals surface area contributed by atoms with Crippen molar-refractivity contribution in [3.05, 3.63) is 59.9 Å². The van der Waals surface area contributed by atoms with Crippen LogP contribution in [-0.4, -0.2) is 38.8 Å². The molecule has 4 rings (SSSR count). The molecule has 29 heavy (non-hydrogen) atoms. The molecule has 1 amide bonds. The van der Waals surface area contributed by atoms with E-state index < -0.39 is 12.1 Å². The SMILES string of the molecule is Cc1cnc(NC2CC2)nc1-c1c[nH]c(OC(=O)NC(CO)c2ccccc2)c1. The predicted molar refractivity (Wildman–Crippen MR) is 109 cm³/mol. The number of benzene rings is 1. The highest BCUT2D eigenvalue weighted by Gasteiger charge is 2.22. The third-order valence-electron chi connectivity index (χ3n) is 4.69. The molecule has 150 valence electrons. The van der Waals surface area contributed by atoms with Gasteiger partial charge in [0.1, 0.15) is 0 Å². The highest BCUT2D eigenvalue weighted by Crippen LogP contribution is 2.28. The zero-order valence-electron chi connectivity index (χ0n) is 16.1. The van der Waals surface area contributed by atoms with Gasteiger partial charge in [-0.3, -0.25) is 0 Å². The molecule has 1 unspecified atom stereocenters. The van der Waals surface area contributed by atoms with Crippen LogP contribution in [0, 0.1) is 6.92 Å². The molecule has 1 fully saturated rings. The van der Waals surface area contributed by atoms with E-state index in [4.69, 9.17) is 4.74 Å². The van der Waals surface area contributed by atoms with Gasteiger partial charge in [-0.15, -0.1) is 0 Å². The van der Waals surface area contributed by atoms with Crippen molar-refractivity contribution in [2.75, 3.05) is 11.9 Å². The molecule has 2 aromatic heterocycles. The third kappa shape index (κ3) is 4.72. The normalized spacial score (nSPS) is 14.3. The number of hydrogen-bond acceptors (Lipinski definition) is 6. The second kappa shape index (κ2) is 8.32. The van der Waals surface area contributed by atoms with Crippen molar-refractivity contribution in [2.24, 2.45) is 0 Å². The number of aryl methyl sites for hydroxylation is 1. The van der Waals surface area contributed by atoms with Crippen molar-refractivity contribution in [3.8, 4) is 17.1 Å². The quantitative estimate of drug-likeness (QED) is 0.490. The molecule has 0 aliphatic heterocycles. The van der Waals surface area contributed by atoms with Gasteiger partial charge in [0.25, 0.3) is 0 Å². The predicted octanol–water partition coefficient (Wildman–Crippen LogP) is 3.18. The number of H-pyrrole nitrogens is 1. The Morgan fingerprint density at radius 3 is 2.86 bits per heavy atom. The Morgan fingerprint density at radius 2 is 2.14 bits per heavy atom. The maximum atomic E-state index is 12.3. The van der Waals surface area contributed by atoms with E-state index in [0.29, 0.717) is 12.0 Å². The minimum absolute atomic E-state index is 0.230. The maximum absolute atomic E-state index is 12.3. The summed E-state index contributed by atoms with van der Waals surface area (Å²) in [5, 5.41) is 15.5. The van der Waals surface area contributed by atoms with Gasteiger partial charge in [-0.1, -0.05) is 30.3 Å². The number of carbonyl (C=O) groups excluding carboxylic acids is 1. The highest BCUT2D eigenvalue weighted by atomic mass is 16.6. The first kappa shape index (κ1) is 18.9. The van der Waals surface area contributed by atoms with E-state index >= 15 is 0 Å². The van der Waals surface area contributed by atoms with Crippen LogP contribution in [0.15, 0.2) is 48.8 Å². The second-order valence-corrected chi connectivity index (χ2v) is 7.08. The monoisotopic (exact) mass is 393 g/mol. The molecule has 3 aromatic rings. The van der Waals surface area contributed by atoms with Crippen LogP contribution in [0.2, 0.25) is 0 Å². The molecule has 8 nitrogen and oxygen atoms in total. The van der Waals surface area contributed by atoms with Gasteiger partial charge in [0.2, 0.25) is 11.8 Å². The standard InChI is InChI=1S/C21H23N5O3/c1-13-10-23-20(24-16-7-8-16)26-19(13)15-9-18(22-11-15)29-21(28)25-17(12-27)14-5-3-2-4-6-14/h2-6,9-11,16-17,22,27H,7-8,12H2,1H3,(H,25,28)(H,23,24,26). The molecule has 0 saturated heterocycles. The van der Waals surface area contributed by atoms with E-state index in [1.807, 2.05) is 37.3 Å². The second-order valence-electron chi connectivity index (χ2n) is 7.08. The van der Waals surface area contributed by atoms with Crippen molar-refractivity contribution >= 4 is 12.0 Å². The van der Waals surface area contributed by atoms with Crippen molar-refractivity contribution in [3.63, 3.8) is 0 Å². The Morgan fingerprint density at radius 1 is 1.34 bits per heavy atom. The van der Waals surface area contributed by atoms with Gasteiger partial charge in [0.15, 0.2) is 0 Å². The number of hydrogen-bond donors (Lipinski definition) is 4. The topological polar surface area (TPSA) is 112 Å². The van der Waals surface area contributed by atoms with Gasteiger partial charge in [-0.25, -0.2) is 14.8 Å². The Hall–Kier alpha value is -3.39. The van der Waals surface area contributed by atoms with Crippen LogP contribution < -0.4 is 15.4 Å². The summed E-state index contributed by atoms with van der Waals surface area (Å²) in [6.45, 7) is 1.70. The number of nitrogens with zero attached hydrogens (tertiary/aromatic N) is 2. The third-order valence-corrected chi connectivity index (χ3v) is 4.69. The summed E-state index contributed by atoms with van der Waals surface area (Å²) in [5.74, 6) is 0.889. The Bertz CT molecular complexity index is 985. The molecule has 1 saturated carbocycles. The number of amides is 1. The van der Waals surface area contributed by atoms with E-state index in [1.54, 1.807) is 18.5 Å². The fourth-order valence-electron chi connectivity index (χ4n) is 2.97. The van der Waals surface area contributed by atoms with E-state index in [0.717, 1.165) is 35.2 Å². The lowest BCUT2D eigenvalue weighted by molar-refractivity contribution is 0.182. The van der Waals surface area contributed by atoms with Gasteiger partial charge in [-0.2, -0.15) is 0 Å². The first-order valence-corrected chi connectivity index (χ1v) is 9.55. The lowest BCUT2D eigenvalue weighted by Gasteiger charge is -2.15. The molecule has 1 aliphatic carbocycles. The van der Waals surface area contributed by atoms with Gasteiger partial charge >= 0.3 is 6.09 Å². The summed E-state index contributed by atoms with van der Waals surface area (Å²) < 4.78 is 5.34. The molecule has 1 aromatic carbocycles. The van der Waals surface area contributed by atoms with Crippen molar-refractivity contribution in [2.45, 2.75) is 31.8 Å². The van der Waals surface area contributed by atoms with Crippen LogP contribution in [0.3, 0.4) is 0 Å². The number of rotatable bonds is 7. The lowest BCUT2D eigenvalue weighted by Crippen LogP contribution is -2.33. The minimum Gasteiger partial charge on any atom is -0.394 e. The molecule has 4 N–H and O–H groups in total. The Balaban J connectivity index is 1.43. The minimum atomic E-state index is -0.656. The molecule has 2 heterocycles. The van der Waals surface area contributed by atoms with E-state index in [2.05, 4.69) is 25.6 Å². The molecular weight excluding hydrogens is 370 g/mol. The van der Waals surface area contributed by atoms with Crippen molar-refractivity contribution < 1.29 is 14.6 Å². The van der Waals surface area contributed by atoms with Crippen LogP contribution >= 0.6 is 0 Å². The van der Waals surface area contributed by atoms with Crippen LogP contribution in [-0.2, 0) is 0 Å². The van der Waals surface area contributed by atoms with Gasteiger partial charge in [0, 0.05) is 30.1 Å². The summed E-state index contributed by atoms with van der Waals surface area (Å²) in [5.41, 5.74) is 3.29. The molecule has 0 bridgehead atoms. The smallest absolute Gasteiger partial charge is 0.394 e. The fourth-order valence-corrected chi connectivity index (χ4v) is 2.97. The highest BCUT2D eigenvalue weighted by molar-refractivity contribution is 5.72. The number of aromatic nitrogens is 3. The summed E-state index contributed by atoms with van der Waals surface area (Å²) in [7, 11) is 0. The van der Waals surface area contributed by atoms with Gasteiger partial charge in [-0.05, 0) is 30.9 Å². The zero-order valence-corrected chi connectivity index (χ0v) is 16.1. The van der Waals surface area contributed by atoms with Crippen LogP contribution in [0.1, 0.15) is 30.0 Å². The number of ether oxygens (including phenoxy) is 1. The number of aromatic amines is 1. The van der Waals surface area contributed by atoms with Crippen LogP contribution in [0.25, 0.3) is 11.3 Å². The summed E-state index contributed by atoms with van der Waals surface area (Å²) in [6.07, 6.45) is 5.14. The Kier molecular flexibility index (Phi) is 5.44. The van der Waals surface area contributed by atoms with Crippen molar-refractivity contribution in [1.82, 2.24) is 20.3 Å². The van der Waals surface area contributed by atoms with E-state index in [9.17, 15) is 9.90 Å². The summed E-state index contributed by atoms with van der Waals surface area (Å²) in [4.78, 5) is 24.1. The molecular formula is C21H23N5O3. The molecule has 0 radical (unpaired) electrons. The molecule has 8 heteroatoms. The number of aliphatic hydroxyl groups excluding tert-OH is 1. The van der Waals surface area contributed by atoms with Crippen LogP contribution in [0.5, 0.6) is 5.88 Å². The average molecular weight is 393 g/mol. The molecule has 1 aliphatic rings. The number of aliphatic hydroxyl groups is 1. The largest absolute Gasteiger partial charge is 0.414 e. The fraction of sp³-hybridized carbons (Fsp3) is 0.286. The zero-order chi connectivity index (χ0) is 20.2. The number of anilines is 1. The summed E-state index contributed by atoms with van der Waals surface area (Å²) >= 11 is 0. The Labute approximate surface area is 168 Å². The van der Waals surface area contributed by atoms with E-state index in [1.165, 1.54) is 0 Å². The first-order chi connectivity index (χ1) is 14.1. The lowest BCUT2D eigenvalue weighted by atomic mass is 10.1. The van der Waals surface area contributed by atoms with Crippen LogP contribution in [0.4, 0.5) is 10.7 Å². The molecule has 0 spiro atoms. The average Bonchev–Trinajstić information content (AvgIpc) is 3.43. The number of nitrogens with one attached hydrogen (secondary N) is 3. The van der Waals surface area contributed by atoms with Gasteiger partial charge < -0.3 is 25.5 Å². The molecule has 1 atom stereocenters. The first-order valence-electron chi connectivity index (χ1n) is 9.55. The number of carbonyl (C=O) groups is 1. The maximum Gasteiger partial charge on any atom is 0.414 e. The summed E-state index contributed by atoms with van der Waals surface area (Å²) in [6, 6.07) is 10.9. The van der Waals surface area contributed by atoms with E-state index in [-0.39, 0.29) is 12.5 Å². The van der Waals surface area contributed by atoms with Gasteiger partial charge in [0.05, 0.1) is 18.3 Å². The van der Waals surface area contributed by atoms with Crippen molar-refractivity contribution in [1.29, 1.82) is 0 Å².